The molecule has 1 unspecified atom stereocenters. The number of para-hydroxylation sites is 1. The molecule has 0 spiro atoms. The van der Waals surface area contributed by atoms with E-state index in [1.54, 1.807) is 7.11 Å². The Morgan fingerprint density at radius 3 is 2.52 bits per heavy atom. The first-order valence-electron chi connectivity index (χ1n) is 8.18. The topological polar surface area (TPSA) is 44.5 Å². The molecular formula is C20H27NO2. The zero-order valence-corrected chi connectivity index (χ0v) is 14.3. The van der Waals surface area contributed by atoms with Crippen LogP contribution in [0.3, 0.4) is 0 Å². The first-order valence-corrected chi connectivity index (χ1v) is 8.18. The number of hydrogen-bond acceptors (Lipinski definition) is 3. The molecule has 0 amide bonds. The van der Waals surface area contributed by atoms with Gasteiger partial charge in [-0.1, -0.05) is 24.3 Å². The molecule has 2 rings (SSSR count). The van der Waals surface area contributed by atoms with Crippen molar-refractivity contribution in [3.63, 3.8) is 0 Å². The summed E-state index contributed by atoms with van der Waals surface area (Å²) < 4.78 is 11.3. The predicted octanol–water partition coefficient (Wildman–Crippen LogP) is 4.21. The van der Waals surface area contributed by atoms with Gasteiger partial charge >= 0.3 is 0 Å². The predicted molar refractivity (Wildman–Crippen MR) is 95.4 cm³/mol. The first kappa shape index (κ1) is 17.4. The summed E-state index contributed by atoms with van der Waals surface area (Å²) in [5.41, 5.74) is 9.69. The van der Waals surface area contributed by atoms with Crippen LogP contribution in [0.5, 0.6) is 11.5 Å². The third-order valence-electron chi connectivity index (χ3n) is 4.31. The van der Waals surface area contributed by atoms with Crippen molar-refractivity contribution in [1.29, 1.82) is 0 Å². The van der Waals surface area contributed by atoms with Crippen LogP contribution in [0.1, 0.15) is 35.4 Å². The standard InChI is InChI=1S/C20H27NO2/c1-15-10-11-18(13-16(15)2)23-12-6-7-17(14-21)19-8-4-5-9-20(19)22-3/h4-5,8-11,13,17H,6-7,12,14,21H2,1-3H3. The Kier molecular flexibility index (Phi) is 6.48. The van der Waals surface area contributed by atoms with Crippen molar-refractivity contribution in [1.82, 2.24) is 0 Å². The lowest BCUT2D eigenvalue weighted by molar-refractivity contribution is 0.300. The van der Waals surface area contributed by atoms with Gasteiger partial charge in [-0.2, -0.15) is 0 Å². The minimum absolute atomic E-state index is 0.300. The summed E-state index contributed by atoms with van der Waals surface area (Å²) >= 11 is 0. The van der Waals surface area contributed by atoms with Crippen LogP contribution in [-0.4, -0.2) is 20.3 Å². The molecule has 3 nitrogen and oxygen atoms in total. The molecular weight excluding hydrogens is 286 g/mol. The molecule has 0 heterocycles. The quantitative estimate of drug-likeness (QED) is 0.742. The molecule has 0 aromatic heterocycles. The number of benzene rings is 2. The number of rotatable bonds is 8. The van der Waals surface area contributed by atoms with E-state index in [0.717, 1.165) is 24.3 Å². The second-order valence-corrected chi connectivity index (χ2v) is 5.91. The maximum absolute atomic E-state index is 5.96. The van der Waals surface area contributed by atoms with Crippen molar-refractivity contribution in [3.8, 4) is 11.5 Å². The van der Waals surface area contributed by atoms with Gasteiger partial charge in [0.2, 0.25) is 0 Å². The van der Waals surface area contributed by atoms with E-state index in [2.05, 4.69) is 32.0 Å². The molecule has 2 aromatic rings. The Bertz CT molecular complexity index is 625. The number of ether oxygens (including phenoxy) is 2. The summed E-state index contributed by atoms with van der Waals surface area (Å²) in [7, 11) is 1.70. The largest absolute Gasteiger partial charge is 0.496 e. The van der Waals surface area contributed by atoms with Gasteiger partial charge in [0, 0.05) is 0 Å². The van der Waals surface area contributed by atoms with Gasteiger partial charge in [-0.3, -0.25) is 0 Å². The molecule has 2 N–H and O–H groups in total. The third kappa shape index (κ3) is 4.73. The van der Waals surface area contributed by atoms with Crippen LogP contribution in [0.15, 0.2) is 42.5 Å². The Hall–Kier alpha value is -2.00. The highest BCUT2D eigenvalue weighted by molar-refractivity contribution is 5.36. The number of hydrogen-bond donors (Lipinski definition) is 1. The van der Waals surface area contributed by atoms with Gasteiger partial charge in [0.05, 0.1) is 13.7 Å². The van der Waals surface area contributed by atoms with Gasteiger partial charge in [0.1, 0.15) is 11.5 Å². The molecule has 1 atom stereocenters. The number of aryl methyl sites for hydroxylation is 2. The molecule has 0 aliphatic carbocycles. The van der Waals surface area contributed by atoms with Gasteiger partial charge < -0.3 is 15.2 Å². The minimum Gasteiger partial charge on any atom is -0.496 e. The maximum Gasteiger partial charge on any atom is 0.122 e. The van der Waals surface area contributed by atoms with E-state index in [1.165, 1.54) is 16.7 Å². The van der Waals surface area contributed by atoms with Crippen LogP contribution in [0, 0.1) is 13.8 Å². The maximum atomic E-state index is 5.96. The molecule has 23 heavy (non-hydrogen) atoms. The van der Waals surface area contributed by atoms with E-state index < -0.39 is 0 Å². The Labute approximate surface area is 139 Å². The fourth-order valence-electron chi connectivity index (χ4n) is 2.73. The van der Waals surface area contributed by atoms with E-state index in [0.29, 0.717) is 19.1 Å². The van der Waals surface area contributed by atoms with E-state index in [-0.39, 0.29) is 0 Å². The smallest absolute Gasteiger partial charge is 0.122 e. The van der Waals surface area contributed by atoms with Crippen LogP contribution in [0.25, 0.3) is 0 Å². The lowest BCUT2D eigenvalue weighted by Crippen LogP contribution is -2.14. The van der Waals surface area contributed by atoms with E-state index in [4.69, 9.17) is 15.2 Å². The fourth-order valence-corrected chi connectivity index (χ4v) is 2.73. The Morgan fingerprint density at radius 1 is 1.04 bits per heavy atom. The zero-order valence-electron chi connectivity index (χ0n) is 14.3. The molecule has 0 aliphatic heterocycles. The second kappa shape index (κ2) is 8.59. The van der Waals surface area contributed by atoms with Crippen LogP contribution >= 0.6 is 0 Å². The molecule has 0 saturated carbocycles. The van der Waals surface area contributed by atoms with Gasteiger partial charge in [0.15, 0.2) is 0 Å². The Balaban J connectivity index is 1.87. The number of methoxy groups -OCH3 is 1. The number of nitrogens with two attached hydrogens (primary N) is 1. The summed E-state index contributed by atoms with van der Waals surface area (Å²) in [4.78, 5) is 0. The van der Waals surface area contributed by atoms with Gasteiger partial charge in [-0.15, -0.1) is 0 Å². The lowest BCUT2D eigenvalue weighted by Gasteiger charge is -2.18. The average molecular weight is 313 g/mol. The first-order chi connectivity index (χ1) is 11.2. The van der Waals surface area contributed by atoms with Crippen molar-refractivity contribution in [2.45, 2.75) is 32.6 Å². The molecule has 0 fully saturated rings. The molecule has 0 bridgehead atoms. The highest BCUT2D eigenvalue weighted by Crippen LogP contribution is 2.29. The normalized spacial score (nSPS) is 12.0. The van der Waals surface area contributed by atoms with Crippen LogP contribution < -0.4 is 15.2 Å². The van der Waals surface area contributed by atoms with Crippen molar-refractivity contribution < 1.29 is 9.47 Å². The van der Waals surface area contributed by atoms with Crippen LogP contribution in [-0.2, 0) is 0 Å². The van der Waals surface area contributed by atoms with Crippen molar-refractivity contribution >= 4 is 0 Å². The summed E-state index contributed by atoms with van der Waals surface area (Å²) in [6, 6.07) is 14.3. The van der Waals surface area contributed by atoms with Crippen LogP contribution in [0.4, 0.5) is 0 Å². The van der Waals surface area contributed by atoms with Gasteiger partial charge in [0.25, 0.3) is 0 Å². The second-order valence-electron chi connectivity index (χ2n) is 5.91. The fraction of sp³-hybridized carbons (Fsp3) is 0.400. The zero-order chi connectivity index (χ0) is 16.7. The van der Waals surface area contributed by atoms with Crippen LogP contribution in [0.2, 0.25) is 0 Å². The summed E-state index contributed by atoms with van der Waals surface area (Å²) in [6.07, 6.45) is 1.95. The molecule has 0 radical (unpaired) electrons. The third-order valence-corrected chi connectivity index (χ3v) is 4.31. The Morgan fingerprint density at radius 2 is 1.83 bits per heavy atom. The van der Waals surface area contributed by atoms with Crippen molar-refractivity contribution in [3.05, 3.63) is 59.2 Å². The average Bonchev–Trinajstić information content (AvgIpc) is 2.58. The highest BCUT2D eigenvalue weighted by atomic mass is 16.5. The molecule has 3 heteroatoms. The SMILES string of the molecule is COc1ccccc1C(CN)CCCOc1ccc(C)c(C)c1. The molecule has 0 aliphatic rings. The lowest BCUT2D eigenvalue weighted by atomic mass is 9.93. The molecule has 2 aromatic carbocycles. The van der Waals surface area contributed by atoms with E-state index in [1.807, 2.05) is 24.3 Å². The molecule has 124 valence electrons. The molecule has 0 saturated heterocycles. The summed E-state index contributed by atoms with van der Waals surface area (Å²) in [5.74, 6) is 2.15. The highest BCUT2D eigenvalue weighted by Gasteiger charge is 2.14. The van der Waals surface area contributed by atoms with E-state index >= 15 is 0 Å². The summed E-state index contributed by atoms with van der Waals surface area (Å²) in [6.45, 7) is 5.53. The monoisotopic (exact) mass is 313 g/mol. The summed E-state index contributed by atoms with van der Waals surface area (Å²) in [5, 5.41) is 0. The minimum atomic E-state index is 0.300. The van der Waals surface area contributed by atoms with Gasteiger partial charge in [-0.05, 0) is 74.0 Å². The van der Waals surface area contributed by atoms with Gasteiger partial charge in [-0.25, -0.2) is 0 Å². The van der Waals surface area contributed by atoms with Crippen molar-refractivity contribution in [2.24, 2.45) is 5.73 Å². The van der Waals surface area contributed by atoms with E-state index in [9.17, 15) is 0 Å². The van der Waals surface area contributed by atoms with Crippen molar-refractivity contribution in [2.75, 3.05) is 20.3 Å².